The van der Waals surface area contributed by atoms with Gasteiger partial charge in [0.25, 0.3) is 0 Å². The first-order chi connectivity index (χ1) is 7.29. The van der Waals surface area contributed by atoms with E-state index >= 15 is 0 Å². The van der Waals surface area contributed by atoms with Gasteiger partial charge in [-0.15, -0.1) is 0 Å². The van der Waals surface area contributed by atoms with E-state index in [1.165, 1.54) is 16.3 Å². The van der Waals surface area contributed by atoms with Crippen LogP contribution in [0.4, 0.5) is 0 Å². The van der Waals surface area contributed by atoms with Crippen LogP contribution in [-0.4, -0.2) is 0 Å². The summed E-state index contributed by atoms with van der Waals surface area (Å²) in [5.41, 5.74) is 1.24. The molecule has 0 bridgehead atoms. The molecule has 0 aliphatic rings. The Morgan fingerprint density at radius 1 is 1.13 bits per heavy atom. The Labute approximate surface area is 90.0 Å². The van der Waals surface area contributed by atoms with Crippen molar-refractivity contribution in [2.75, 3.05) is 0 Å². The predicted octanol–water partition coefficient (Wildman–Crippen LogP) is 3.54. The molecular weight excluding hydrogens is 182 g/mol. The second-order valence-corrected chi connectivity index (χ2v) is 3.92. The molecule has 0 aliphatic carbocycles. The van der Waals surface area contributed by atoms with Crippen LogP contribution < -0.4 is 0 Å². The van der Waals surface area contributed by atoms with Crippen molar-refractivity contribution >= 4 is 10.8 Å². The lowest BCUT2D eigenvalue weighted by Gasteiger charge is -2.04. The SMILES string of the molecule is CC(C#N)Cc1ccc2ccccc2c1. The summed E-state index contributed by atoms with van der Waals surface area (Å²) >= 11 is 0. The Hall–Kier alpha value is -1.81. The molecule has 0 fully saturated rings. The molecule has 1 unspecified atom stereocenters. The average molecular weight is 195 g/mol. The molecule has 74 valence electrons. The molecule has 2 aromatic rings. The second-order valence-electron chi connectivity index (χ2n) is 3.92. The van der Waals surface area contributed by atoms with Crippen LogP contribution in [0.1, 0.15) is 12.5 Å². The van der Waals surface area contributed by atoms with Gasteiger partial charge in [0.2, 0.25) is 0 Å². The summed E-state index contributed by atoms with van der Waals surface area (Å²) in [6, 6.07) is 17.0. The van der Waals surface area contributed by atoms with E-state index in [0.717, 1.165) is 6.42 Å². The molecule has 1 atom stereocenters. The number of hydrogen-bond donors (Lipinski definition) is 0. The van der Waals surface area contributed by atoms with Crippen molar-refractivity contribution in [3.63, 3.8) is 0 Å². The van der Waals surface area contributed by atoms with Crippen molar-refractivity contribution in [3.8, 4) is 6.07 Å². The highest BCUT2D eigenvalue weighted by Crippen LogP contribution is 2.17. The third kappa shape index (κ3) is 2.16. The molecule has 1 heteroatoms. The van der Waals surface area contributed by atoms with Crippen LogP contribution >= 0.6 is 0 Å². The molecule has 1 nitrogen and oxygen atoms in total. The van der Waals surface area contributed by atoms with Gasteiger partial charge in [-0.3, -0.25) is 0 Å². The average Bonchev–Trinajstić information content (AvgIpc) is 2.29. The largest absolute Gasteiger partial charge is 0.198 e. The van der Waals surface area contributed by atoms with Crippen LogP contribution in [0.2, 0.25) is 0 Å². The van der Waals surface area contributed by atoms with Gasteiger partial charge in [-0.1, -0.05) is 42.5 Å². The lowest BCUT2D eigenvalue weighted by molar-refractivity contribution is 0.740. The third-order valence-electron chi connectivity index (χ3n) is 2.58. The van der Waals surface area contributed by atoms with Gasteiger partial charge in [-0.2, -0.15) is 5.26 Å². The molecule has 2 rings (SSSR count). The standard InChI is InChI=1S/C14H13N/c1-11(10-15)8-12-6-7-13-4-2-3-5-14(13)9-12/h2-7,9,11H,8H2,1H3. The van der Waals surface area contributed by atoms with Gasteiger partial charge in [0, 0.05) is 5.92 Å². The van der Waals surface area contributed by atoms with Crippen molar-refractivity contribution in [2.45, 2.75) is 13.3 Å². The molecule has 15 heavy (non-hydrogen) atoms. The van der Waals surface area contributed by atoms with Crippen molar-refractivity contribution in [1.82, 2.24) is 0 Å². The van der Waals surface area contributed by atoms with Crippen molar-refractivity contribution in [1.29, 1.82) is 5.26 Å². The quantitative estimate of drug-likeness (QED) is 0.719. The van der Waals surface area contributed by atoms with Crippen molar-refractivity contribution < 1.29 is 0 Å². The highest BCUT2D eigenvalue weighted by Gasteiger charge is 2.02. The molecule has 0 radical (unpaired) electrons. The topological polar surface area (TPSA) is 23.8 Å². The Morgan fingerprint density at radius 2 is 1.87 bits per heavy atom. The minimum absolute atomic E-state index is 0.0890. The zero-order valence-corrected chi connectivity index (χ0v) is 8.77. The number of rotatable bonds is 2. The molecule has 0 heterocycles. The monoisotopic (exact) mass is 195 g/mol. The molecule has 0 saturated heterocycles. The van der Waals surface area contributed by atoms with Crippen molar-refractivity contribution in [2.24, 2.45) is 5.92 Å². The number of nitriles is 1. The molecule has 0 aliphatic heterocycles. The van der Waals surface area contributed by atoms with Crippen LogP contribution in [0.5, 0.6) is 0 Å². The number of fused-ring (bicyclic) bond motifs is 1. The maximum absolute atomic E-state index is 8.76. The minimum atomic E-state index is 0.0890. The fourth-order valence-electron chi connectivity index (χ4n) is 1.76. The highest BCUT2D eigenvalue weighted by molar-refractivity contribution is 5.82. The molecule has 2 aromatic carbocycles. The number of hydrogen-bond acceptors (Lipinski definition) is 1. The smallest absolute Gasteiger partial charge is 0.0656 e. The highest BCUT2D eigenvalue weighted by atomic mass is 14.3. The van der Waals surface area contributed by atoms with Crippen LogP contribution in [0.15, 0.2) is 42.5 Å². The van der Waals surface area contributed by atoms with E-state index in [4.69, 9.17) is 5.26 Å². The summed E-state index contributed by atoms with van der Waals surface area (Å²) in [6.45, 7) is 1.95. The fourth-order valence-corrected chi connectivity index (χ4v) is 1.76. The van der Waals surface area contributed by atoms with E-state index in [2.05, 4.69) is 36.4 Å². The van der Waals surface area contributed by atoms with Gasteiger partial charge in [-0.25, -0.2) is 0 Å². The van der Waals surface area contributed by atoms with E-state index < -0.39 is 0 Å². The first-order valence-corrected chi connectivity index (χ1v) is 5.17. The fraction of sp³-hybridized carbons (Fsp3) is 0.214. The maximum atomic E-state index is 8.76. The summed E-state index contributed by atoms with van der Waals surface area (Å²) in [7, 11) is 0. The molecule has 0 saturated carbocycles. The summed E-state index contributed by atoms with van der Waals surface area (Å²) in [5, 5.41) is 11.3. The van der Waals surface area contributed by atoms with Gasteiger partial charge in [0.15, 0.2) is 0 Å². The zero-order valence-electron chi connectivity index (χ0n) is 8.77. The first-order valence-electron chi connectivity index (χ1n) is 5.17. The van der Waals surface area contributed by atoms with E-state index in [1.807, 2.05) is 19.1 Å². The normalized spacial score (nSPS) is 12.3. The van der Waals surface area contributed by atoms with Crippen LogP contribution in [0, 0.1) is 17.2 Å². The predicted molar refractivity (Wildman–Crippen MR) is 62.4 cm³/mol. The molecule has 0 aromatic heterocycles. The number of nitrogens with zero attached hydrogens (tertiary/aromatic N) is 1. The van der Waals surface area contributed by atoms with Gasteiger partial charge in [-0.05, 0) is 29.7 Å². The second kappa shape index (κ2) is 4.14. The first kappa shape index (κ1) is 9.73. The van der Waals surface area contributed by atoms with Gasteiger partial charge in [0.1, 0.15) is 0 Å². The summed E-state index contributed by atoms with van der Waals surface area (Å²) < 4.78 is 0. The summed E-state index contributed by atoms with van der Waals surface area (Å²) in [6.07, 6.45) is 0.835. The van der Waals surface area contributed by atoms with Crippen molar-refractivity contribution in [3.05, 3.63) is 48.0 Å². The van der Waals surface area contributed by atoms with E-state index in [0.29, 0.717) is 0 Å². The molecule has 0 spiro atoms. The van der Waals surface area contributed by atoms with Crippen LogP contribution in [0.25, 0.3) is 10.8 Å². The van der Waals surface area contributed by atoms with E-state index in [-0.39, 0.29) is 5.92 Å². The zero-order chi connectivity index (χ0) is 10.7. The third-order valence-corrected chi connectivity index (χ3v) is 2.58. The minimum Gasteiger partial charge on any atom is -0.198 e. The summed E-state index contributed by atoms with van der Waals surface area (Å²) in [5.74, 6) is 0.0890. The van der Waals surface area contributed by atoms with Gasteiger partial charge in [0.05, 0.1) is 6.07 Å². The van der Waals surface area contributed by atoms with Gasteiger partial charge >= 0.3 is 0 Å². The van der Waals surface area contributed by atoms with E-state index in [1.54, 1.807) is 0 Å². The Bertz CT molecular complexity index is 508. The lowest BCUT2D eigenvalue weighted by atomic mass is 9.99. The van der Waals surface area contributed by atoms with Gasteiger partial charge < -0.3 is 0 Å². The van der Waals surface area contributed by atoms with Crippen LogP contribution in [0.3, 0.4) is 0 Å². The van der Waals surface area contributed by atoms with E-state index in [9.17, 15) is 0 Å². The Balaban J connectivity index is 2.35. The molecule has 0 N–H and O–H groups in total. The summed E-state index contributed by atoms with van der Waals surface area (Å²) in [4.78, 5) is 0. The Kier molecular flexibility index (Phi) is 2.69. The molecule has 0 amide bonds. The molecular formula is C14H13N. The number of benzene rings is 2. The maximum Gasteiger partial charge on any atom is 0.0656 e. The lowest BCUT2D eigenvalue weighted by Crippen LogP contribution is -1.95. The Morgan fingerprint density at radius 3 is 2.60 bits per heavy atom. The van der Waals surface area contributed by atoms with Crippen LogP contribution in [-0.2, 0) is 6.42 Å².